The maximum Gasteiger partial charge on any atom is 0.339 e. The number of carbonyl (C=O) groups excluding carboxylic acids is 2. The van der Waals surface area contributed by atoms with Gasteiger partial charge in [-0.3, -0.25) is 9.10 Å². The van der Waals surface area contributed by atoms with Gasteiger partial charge in [-0.05, 0) is 54.1 Å². The summed E-state index contributed by atoms with van der Waals surface area (Å²) in [4.78, 5) is 24.4. The lowest BCUT2D eigenvalue weighted by Crippen LogP contribution is -2.29. The minimum absolute atomic E-state index is 0.0468. The van der Waals surface area contributed by atoms with Crippen molar-refractivity contribution in [2.45, 2.75) is 6.54 Å². The number of methoxy groups -OCH3 is 1. The summed E-state index contributed by atoms with van der Waals surface area (Å²) in [6, 6.07) is 17.5. The molecular weight excluding hydrogens is 487 g/mol. The predicted molar refractivity (Wildman–Crippen MR) is 130 cm³/mol. The summed E-state index contributed by atoms with van der Waals surface area (Å²) in [7, 11) is -2.38. The summed E-state index contributed by atoms with van der Waals surface area (Å²) in [5, 5.41) is 3.33. The molecule has 1 amide bonds. The van der Waals surface area contributed by atoms with Crippen LogP contribution in [0.1, 0.15) is 26.3 Å². The van der Waals surface area contributed by atoms with Crippen LogP contribution in [-0.4, -0.2) is 33.7 Å². The van der Waals surface area contributed by atoms with E-state index < -0.39 is 21.9 Å². The molecule has 0 radical (unpaired) electrons. The average molecular weight is 507 g/mol. The molecule has 0 atom stereocenters. The Morgan fingerprint density at radius 3 is 2.24 bits per heavy atom. The highest BCUT2D eigenvalue weighted by Gasteiger charge is 2.20. The lowest BCUT2D eigenvalue weighted by molar-refractivity contribution is 0.0600. The minimum Gasteiger partial charge on any atom is -0.465 e. The molecule has 0 aromatic heterocycles. The molecule has 1 N–H and O–H groups in total. The number of nitrogens with one attached hydrogen (secondary N) is 1. The van der Waals surface area contributed by atoms with E-state index in [1.807, 2.05) is 0 Å². The number of amides is 1. The smallest absolute Gasteiger partial charge is 0.339 e. The summed E-state index contributed by atoms with van der Waals surface area (Å²) in [6.07, 6.45) is 1.10. The predicted octanol–water partition coefficient (Wildman–Crippen LogP) is 5.00. The fourth-order valence-electron chi connectivity index (χ4n) is 3.03. The van der Waals surface area contributed by atoms with Crippen LogP contribution in [0.5, 0.6) is 0 Å². The summed E-state index contributed by atoms with van der Waals surface area (Å²) in [6.45, 7) is 0.0468. The number of benzene rings is 3. The fourth-order valence-corrected chi connectivity index (χ4v) is 4.30. The second-order valence-electron chi connectivity index (χ2n) is 7.05. The van der Waals surface area contributed by atoms with Crippen molar-refractivity contribution >= 4 is 56.5 Å². The van der Waals surface area contributed by atoms with Crippen LogP contribution in [0, 0.1) is 0 Å². The quantitative estimate of drug-likeness (QED) is 0.455. The number of carbonyl (C=O) groups is 2. The summed E-state index contributed by atoms with van der Waals surface area (Å²) in [5.74, 6) is -1.07. The Bertz CT molecular complexity index is 1290. The number of nitrogens with zero attached hydrogens (tertiary/aromatic N) is 1. The third-order valence-electron chi connectivity index (χ3n) is 4.72. The van der Waals surface area contributed by atoms with E-state index in [1.54, 1.807) is 30.3 Å². The number of hydrogen-bond donors (Lipinski definition) is 1. The molecule has 0 heterocycles. The van der Waals surface area contributed by atoms with E-state index in [4.69, 9.17) is 23.2 Å². The van der Waals surface area contributed by atoms with Gasteiger partial charge in [0.1, 0.15) is 0 Å². The monoisotopic (exact) mass is 506 g/mol. The number of halogens is 2. The van der Waals surface area contributed by atoms with Crippen molar-refractivity contribution in [1.82, 2.24) is 0 Å². The molecule has 10 heteroatoms. The van der Waals surface area contributed by atoms with Gasteiger partial charge in [0.25, 0.3) is 5.91 Å². The topological polar surface area (TPSA) is 92.8 Å². The van der Waals surface area contributed by atoms with Crippen LogP contribution in [0.15, 0.2) is 66.7 Å². The van der Waals surface area contributed by atoms with Gasteiger partial charge in [-0.2, -0.15) is 0 Å². The summed E-state index contributed by atoms with van der Waals surface area (Å²) >= 11 is 12.2. The van der Waals surface area contributed by atoms with Gasteiger partial charge >= 0.3 is 5.97 Å². The van der Waals surface area contributed by atoms with Gasteiger partial charge in [-0.1, -0.05) is 41.4 Å². The van der Waals surface area contributed by atoms with Crippen molar-refractivity contribution in [1.29, 1.82) is 0 Å². The fraction of sp³-hybridized carbons (Fsp3) is 0.130. The van der Waals surface area contributed by atoms with Gasteiger partial charge < -0.3 is 10.1 Å². The first-order chi connectivity index (χ1) is 15.6. The van der Waals surface area contributed by atoms with E-state index >= 15 is 0 Å². The van der Waals surface area contributed by atoms with E-state index in [2.05, 4.69) is 10.1 Å². The van der Waals surface area contributed by atoms with Gasteiger partial charge in [-0.15, -0.1) is 0 Å². The van der Waals surface area contributed by atoms with Crippen LogP contribution in [0.2, 0.25) is 10.0 Å². The molecule has 7 nitrogen and oxygen atoms in total. The maximum atomic E-state index is 12.7. The number of anilines is 2. The lowest BCUT2D eigenvalue weighted by Gasteiger charge is -2.23. The normalized spacial score (nSPS) is 11.0. The minimum atomic E-state index is -3.62. The largest absolute Gasteiger partial charge is 0.465 e. The van der Waals surface area contributed by atoms with Crippen molar-refractivity contribution in [2.24, 2.45) is 0 Å². The molecule has 0 aliphatic rings. The van der Waals surface area contributed by atoms with Crippen molar-refractivity contribution in [3.63, 3.8) is 0 Å². The Morgan fingerprint density at radius 2 is 1.64 bits per heavy atom. The zero-order valence-electron chi connectivity index (χ0n) is 17.7. The van der Waals surface area contributed by atoms with Gasteiger partial charge in [-0.25, -0.2) is 13.2 Å². The standard InChI is InChI=1S/C23H20Cl2N2O5S/c1-32-23(29)19-13-17(9-12-21(19)25)26-22(28)15-7-10-18(11-8-15)27(33(2,30)31)14-16-5-3-4-6-20(16)24/h3-13H,14H2,1-2H3,(H,26,28). The molecule has 0 spiro atoms. The van der Waals surface area contributed by atoms with E-state index in [0.717, 1.165) is 6.26 Å². The molecule has 3 aromatic rings. The summed E-state index contributed by atoms with van der Waals surface area (Å²) in [5.41, 5.74) is 1.80. The first kappa shape index (κ1) is 24.6. The number of sulfonamides is 1. The highest BCUT2D eigenvalue weighted by atomic mass is 35.5. The molecule has 0 saturated heterocycles. The Labute approximate surface area is 201 Å². The number of ether oxygens (including phenoxy) is 1. The Hall–Kier alpha value is -3.07. The van der Waals surface area contributed by atoms with Gasteiger partial charge in [0.2, 0.25) is 10.0 Å². The first-order valence-corrected chi connectivity index (χ1v) is 12.2. The molecule has 0 bridgehead atoms. The van der Waals surface area contributed by atoms with Crippen molar-refractivity contribution in [3.8, 4) is 0 Å². The Morgan fingerprint density at radius 1 is 0.970 bits per heavy atom. The molecule has 172 valence electrons. The average Bonchev–Trinajstić information content (AvgIpc) is 2.78. The molecular formula is C23H20Cl2N2O5S. The van der Waals surface area contributed by atoms with E-state index in [-0.39, 0.29) is 17.1 Å². The molecule has 0 aliphatic carbocycles. The van der Waals surface area contributed by atoms with Crippen LogP contribution in [-0.2, 0) is 21.3 Å². The molecule has 0 fully saturated rings. The molecule has 0 aliphatic heterocycles. The van der Waals surface area contributed by atoms with Crippen LogP contribution >= 0.6 is 23.2 Å². The molecule has 3 rings (SSSR count). The number of esters is 1. The van der Waals surface area contributed by atoms with Crippen molar-refractivity contribution in [2.75, 3.05) is 23.0 Å². The molecule has 0 saturated carbocycles. The van der Waals surface area contributed by atoms with Crippen LogP contribution in [0.3, 0.4) is 0 Å². The maximum absolute atomic E-state index is 12.7. The second-order valence-corrected chi connectivity index (χ2v) is 9.77. The van der Waals surface area contributed by atoms with E-state index in [9.17, 15) is 18.0 Å². The zero-order chi connectivity index (χ0) is 24.2. The number of rotatable bonds is 7. The van der Waals surface area contributed by atoms with Crippen molar-refractivity contribution in [3.05, 3.63) is 93.5 Å². The highest BCUT2D eigenvalue weighted by molar-refractivity contribution is 7.92. The first-order valence-electron chi connectivity index (χ1n) is 9.60. The lowest BCUT2D eigenvalue weighted by atomic mass is 10.1. The van der Waals surface area contributed by atoms with E-state index in [0.29, 0.717) is 27.5 Å². The SMILES string of the molecule is COC(=O)c1cc(NC(=O)c2ccc(N(Cc3ccccc3Cl)S(C)(=O)=O)cc2)ccc1Cl. The zero-order valence-corrected chi connectivity index (χ0v) is 20.0. The third-order valence-corrected chi connectivity index (χ3v) is 6.56. The van der Waals surface area contributed by atoms with Crippen molar-refractivity contribution < 1.29 is 22.7 Å². The highest BCUT2D eigenvalue weighted by Crippen LogP contribution is 2.25. The van der Waals surface area contributed by atoms with E-state index in [1.165, 1.54) is 47.8 Å². The van der Waals surface area contributed by atoms with Crippen LogP contribution < -0.4 is 9.62 Å². The molecule has 0 unspecified atom stereocenters. The molecule has 33 heavy (non-hydrogen) atoms. The molecule has 3 aromatic carbocycles. The summed E-state index contributed by atoms with van der Waals surface area (Å²) < 4.78 is 30.7. The van der Waals surface area contributed by atoms with Gasteiger partial charge in [0, 0.05) is 16.3 Å². The Balaban J connectivity index is 1.81. The number of hydrogen-bond acceptors (Lipinski definition) is 5. The Kier molecular flexibility index (Phi) is 7.63. The second kappa shape index (κ2) is 10.2. The van der Waals surface area contributed by atoms with Gasteiger partial charge in [0.05, 0.1) is 36.2 Å². The van der Waals surface area contributed by atoms with Gasteiger partial charge in [0.15, 0.2) is 0 Å². The van der Waals surface area contributed by atoms with Crippen LogP contribution in [0.4, 0.5) is 11.4 Å². The third kappa shape index (κ3) is 6.04. The van der Waals surface area contributed by atoms with Crippen LogP contribution in [0.25, 0.3) is 0 Å².